The lowest BCUT2D eigenvalue weighted by Crippen LogP contribution is -2.30. The number of thioether (sulfide) groups is 1. The number of hydrogen-bond acceptors (Lipinski definition) is 6. The maximum absolute atomic E-state index is 12.8. The van der Waals surface area contributed by atoms with Gasteiger partial charge in [0.2, 0.25) is 10.0 Å². The Morgan fingerprint density at radius 1 is 1.22 bits per heavy atom. The minimum atomic E-state index is -3.90. The van der Waals surface area contributed by atoms with Crippen LogP contribution in [0.1, 0.15) is 6.92 Å². The van der Waals surface area contributed by atoms with Gasteiger partial charge in [0.25, 0.3) is 5.91 Å². The molecule has 0 spiro atoms. The number of carbonyl (C=O) groups is 2. The van der Waals surface area contributed by atoms with E-state index in [1.54, 1.807) is 0 Å². The first-order valence-electron chi connectivity index (χ1n) is 7.67. The first-order chi connectivity index (χ1) is 12.6. The molecule has 0 aliphatic carbocycles. The Balaban J connectivity index is 1.87. The van der Waals surface area contributed by atoms with Crippen LogP contribution in [-0.4, -0.2) is 32.2 Å². The third kappa shape index (κ3) is 6.66. The maximum Gasteiger partial charge on any atom is 0.317 e. The van der Waals surface area contributed by atoms with E-state index >= 15 is 0 Å². The Morgan fingerprint density at radius 3 is 2.52 bits per heavy atom. The minimum Gasteiger partial charge on any atom is -0.452 e. The van der Waals surface area contributed by atoms with E-state index in [9.17, 15) is 22.4 Å². The molecule has 0 aliphatic rings. The van der Waals surface area contributed by atoms with Crippen LogP contribution in [-0.2, 0) is 24.3 Å². The van der Waals surface area contributed by atoms with Crippen molar-refractivity contribution in [3.05, 3.63) is 54.3 Å². The lowest BCUT2D eigenvalue weighted by molar-refractivity contribution is -0.150. The molecule has 27 heavy (non-hydrogen) atoms. The number of hydrogen-bond donors (Lipinski definition) is 2. The smallest absolute Gasteiger partial charge is 0.317 e. The third-order valence-corrected chi connectivity index (χ3v) is 5.17. The molecule has 2 aromatic rings. The summed E-state index contributed by atoms with van der Waals surface area (Å²) >= 11 is 1.15. The molecular weight excluding hydrogens is 395 g/mol. The molecule has 10 heteroatoms. The zero-order valence-electron chi connectivity index (χ0n) is 14.2. The second-order valence-electron chi connectivity index (χ2n) is 5.44. The van der Waals surface area contributed by atoms with Gasteiger partial charge in [-0.3, -0.25) is 9.59 Å². The first kappa shape index (κ1) is 20.9. The van der Waals surface area contributed by atoms with E-state index in [1.807, 2.05) is 0 Å². The lowest BCUT2D eigenvalue weighted by Gasteiger charge is -2.14. The molecule has 144 valence electrons. The van der Waals surface area contributed by atoms with Crippen molar-refractivity contribution in [3.63, 3.8) is 0 Å². The quantitative estimate of drug-likeness (QED) is 0.532. The number of esters is 1. The average molecular weight is 412 g/mol. The van der Waals surface area contributed by atoms with E-state index in [0.717, 1.165) is 11.8 Å². The molecule has 7 nitrogen and oxygen atoms in total. The molecule has 2 rings (SSSR count). The van der Waals surface area contributed by atoms with Crippen LogP contribution in [0.3, 0.4) is 0 Å². The van der Waals surface area contributed by atoms with E-state index in [-0.39, 0.29) is 22.2 Å². The van der Waals surface area contributed by atoms with Gasteiger partial charge in [-0.2, -0.15) is 0 Å². The Kier molecular flexibility index (Phi) is 6.94. The molecule has 0 unspecified atom stereocenters. The van der Waals surface area contributed by atoms with Crippen molar-refractivity contribution in [2.24, 2.45) is 5.14 Å². The number of benzene rings is 2. The van der Waals surface area contributed by atoms with Gasteiger partial charge in [-0.1, -0.05) is 6.07 Å². The van der Waals surface area contributed by atoms with Crippen LogP contribution in [0.25, 0.3) is 0 Å². The summed E-state index contributed by atoms with van der Waals surface area (Å²) in [5, 5.41) is 7.49. The number of amides is 1. The fourth-order valence-corrected chi connectivity index (χ4v) is 3.19. The zero-order valence-corrected chi connectivity index (χ0v) is 15.8. The van der Waals surface area contributed by atoms with Crippen LogP contribution in [0.15, 0.2) is 58.3 Å². The monoisotopic (exact) mass is 412 g/mol. The summed E-state index contributed by atoms with van der Waals surface area (Å²) in [7, 11) is -3.90. The predicted octanol–water partition coefficient (Wildman–Crippen LogP) is 2.14. The summed E-state index contributed by atoms with van der Waals surface area (Å²) < 4.78 is 40.5. The van der Waals surface area contributed by atoms with Crippen molar-refractivity contribution < 1.29 is 27.1 Å². The number of sulfonamides is 1. The maximum atomic E-state index is 12.8. The van der Waals surface area contributed by atoms with Gasteiger partial charge >= 0.3 is 5.97 Å². The summed E-state index contributed by atoms with van der Waals surface area (Å²) in [6.07, 6.45) is -1.09. The Hall–Kier alpha value is -2.43. The number of rotatable bonds is 7. The van der Waals surface area contributed by atoms with Crippen LogP contribution in [0.2, 0.25) is 0 Å². The molecule has 3 N–H and O–H groups in total. The molecule has 0 saturated heterocycles. The second-order valence-corrected chi connectivity index (χ2v) is 8.05. The van der Waals surface area contributed by atoms with E-state index in [2.05, 4.69) is 5.32 Å². The van der Waals surface area contributed by atoms with Crippen LogP contribution in [0, 0.1) is 5.82 Å². The van der Waals surface area contributed by atoms with Gasteiger partial charge in [-0.15, -0.1) is 11.8 Å². The number of anilines is 1. The number of nitrogens with one attached hydrogen (secondary N) is 1. The Bertz CT molecular complexity index is 933. The summed E-state index contributed by atoms with van der Waals surface area (Å²) in [6, 6.07) is 11.0. The third-order valence-electron chi connectivity index (χ3n) is 3.28. The number of halogens is 1. The van der Waals surface area contributed by atoms with Gasteiger partial charge in [0.05, 0.1) is 10.6 Å². The molecular formula is C17H17FN2O5S2. The lowest BCUT2D eigenvalue weighted by atomic mass is 10.3. The number of ether oxygens (including phenoxy) is 1. The highest BCUT2D eigenvalue weighted by Crippen LogP contribution is 2.19. The average Bonchev–Trinajstić information content (AvgIpc) is 2.60. The second kappa shape index (κ2) is 8.98. The molecule has 0 fully saturated rings. The van der Waals surface area contributed by atoms with E-state index in [1.165, 1.54) is 55.5 Å². The fourth-order valence-electron chi connectivity index (χ4n) is 1.95. The molecule has 0 aliphatic heterocycles. The highest BCUT2D eigenvalue weighted by molar-refractivity contribution is 8.00. The molecule has 2 aromatic carbocycles. The van der Waals surface area contributed by atoms with Crippen molar-refractivity contribution in [3.8, 4) is 0 Å². The SMILES string of the molecule is C[C@H](OC(=O)CSc1ccc(F)cc1)C(=O)Nc1cccc(S(N)(=O)=O)c1. The largest absolute Gasteiger partial charge is 0.452 e. The molecule has 0 heterocycles. The Morgan fingerprint density at radius 2 is 1.89 bits per heavy atom. The van der Waals surface area contributed by atoms with Gasteiger partial charge in [0.15, 0.2) is 6.10 Å². The zero-order chi connectivity index (χ0) is 20.0. The summed E-state index contributed by atoms with van der Waals surface area (Å²) in [5.41, 5.74) is 0.204. The van der Waals surface area contributed by atoms with Crippen LogP contribution >= 0.6 is 11.8 Å². The van der Waals surface area contributed by atoms with Crippen molar-refractivity contribution in [2.45, 2.75) is 22.8 Å². The summed E-state index contributed by atoms with van der Waals surface area (Å²) in [5.74, 6) is -1.67. The Labute approximate surface area is 160 Å². The van der Waals surface area contributed by atoms with E-state index in [4.69, 9.17) is 9.88 Å². The fraction of sp³-hybridized carbons (Fsp3) is 0.176. The molecule has 0 aromatic heterocycles. The van der Waals surface area contributed by atoms with Crippen LogP contribution < -0.4 is 10.5 Å². The minimum absolute atomic E-state index is 0.0514. The molecule has 0 radical (unpaired) electrons. The standard InChI is InChI=1S/C17H17FN2O5S2/c1-11(25-16(21)10-26-14-7-5-12(18)6-8-14)17(22)20-13-3-2-4-15(9-13)27(19,23)24/h2-9,11H,10H2,1H3,(H,20,22)(H2,19,23,24)/t11-/m0/s1. The summed E-state index contributed by atoms with van der Waals surface area (Å²) in [6.45, 7) is 1.39. The highest BCUT2D eigenvalue weighted by Gasteiger charge is 2.19. The van der Waals surface area contributed by atoms with Crippen LogP contribution in [0.5, 0.6) is 0 Å². The predicted molar refractivity (Wildman–Crippen MR) is 99.1 cm³/mol. The molecule has 1 atom stereocenters. The van der Waals surface area contributed by atoms with Gasteiger partial charge in [0, 0.05) is 10.6 Å². The van der Waals surface area contributed by atoms with Crippen molar-refractivity contribution in [1.82, 2.24) is 0 Å². The number of primary sulfonamides is 1. The van der Waals surface area contributed by atoms with E-state index in [0.29, 0.717) is 4.90 Å². The van der Waals surface area contributed by atoms with E-state index < -0.39 is 28.0 Å². The first-order valence-corrected chi connectivity index (χ1v) is 10.2. The highest BCUT2D eigenvalue weighted by atomic mass is 32.2. The number of nitrogens with two attached hydrogens (primary N) is 1. The molecule has 1 amide bonds. The van der Waals surface area contributed by atoms with Gasteiger partial charge in [0.1, 0.15) is 5.82 Å². The number of carbonyl (C=O) groups excluding carboxylic acids is 2. The molecule has 0 bridgehead atoms. The summed E-state index contributed by atoms with van der Waals surface area (Å²) in [4.78, 5) is 24.5. The van der Waals surface area contributed by atoms with Gasteiger partial charge < -0.3 is 10.1 Å². The topological polar surface area (TPSA) is 116 Å². The van der Waals surface area contributed by atoms with Crippen molar-refractivity contribution in [1.29, 1.82) is 0 Å². The van der Waals surface area contributed by atoms with Crippen LogP contribution in [0.4, 0.5) is 10.1 Å². The van der Waals surface area contributed by atoms with Gasteiger partial charge in [-0.05, 0) is 49.4 Å². The van der Waals surface area contributed by atoms with Crippen molar-refractivity contribution >= 4 is 39.3 Å². The molecule has 0 saturated carbocycles. The van der Waals surface area contributed by atoms with Gasteiger partial charge in [-0.25, -0.2) is 17.9 Å². The normalized spacial score (nSPS) is 12.3. The van der Waals surface area contributed by atoms with Crippen molar-refractivity contribution in [2.75, 3.05) is 11.1 Å².